The number of nitrogens with one attached hydrogen (secondary N) is 1. The maximum absolute atomic E-state index is 11.5. The third kappa shape index (κ3) is 3.81. The summed E-state index contributed by atoms with van der Waals surface area (Å²) in [7, 11) is -1.18. The molecule has 8 heteroatoms. The molecule has 0 heterocycles. The van der Waals surface area contributed by atoms with Crippen LogP contribution in [0.15, 0.2) is 18.2 Å². The summed E-state index contributed by atoms with van der Waals surface area (Å²) in [5.41, 5.74) is 0.123. The number of benzene rings is 1. The molecule has 0 aliphatic heterocycles. The number of carboxylic acids is 1. The number of carbonyl (C=O) groups is 1. The summed E-state index contributed by atoms with van der Waals surface area (Å²) in [5, 5.41) is 8.48. The van der Waals surface area contributed by atoms with Crippen molar-refractivity contribution >= 4 is 21.7 Å². The number of hydrogen-bond acceptors (Lipinski definition) is 5. The predicted octanol–water partition coefficient (Wildman–Crippen LogP) is 0.530. The van der Waals surface area contributed by atoms with E-state index in [0.29, 0.717) is 5.75 Å². The average Bonchev–Trinajstić information content (AvgIpc) is 2.26. The number of aliphatic carboxylic acids is 1. The highest BCUT2D eigenvalue weighted by Crippen LogP contribution is 2.29. The molecule has 0 aromatic heterocycles. The van der Waals surface area contributed by atoms with Crippen molar-refractivity contribution < 1.29 is 27.8 Å². The Morgan fingerprint density at radius 3 is 2.50 bits per heavy atom. The van der Waals surface area contributed by atoms with Crippen molar-refractivity contribution in [3.63, 3.8) is 0 Å². The molecule has 0 aliphatic rings. The molecule has 0 radical (unpaired) electrons. The van der Waals surface area contributed by atoms with Gasteiger partial charge in [-0.05, 0) is 12.1 Å². The number of hydrogen-bond donors (Lipinski definition) is 2. The Morgan fingerprint density at radius 1 is 1.33 bits per heavy atom. The van der Waals surface area contributed by atoms with Crippen molar-refractivity contribution in [3.8, 4) is 11.5 Å². The van der Waals surface area contributed by atoms with Gasteiger partial charge in [-0.15, -0.1) is 0 Å². The zero-order valence-electron chi connectivity index (χ0n) is 9.84. The fraction of sp³-hybridized carbons (Fsp3) is 0.300. The van der Waals surface area contributed by atoms with Crippen LogP contribution in [0.2, 0.25) is 0 Å². The van der Waals surface area contributed by atoms with E-state index < -0.39 is 21.7 Å². The van der Waals surface area contributed by atoms with Gasteiger partial charge in [0.2, 0.25) is 10.0 Å². The van der Waals surface area contributed by atoms with Gasteiger partial charge in [0, 0.05) is 6.07 Å². The average molecular weight is 275 g/mol. The first-order chi connectivity index (χ1) is 8.38. The number of anilines is 1. The van der Waals surface area contributed by atoms with Crippen LogP contribution < -0.4 is 14.2 Å². The third-order valence-corrected chi connectivity index (χ3v) is 3.14. The Balaban J connectivity index is 3.05. The molecule has 18 heavy (non-hydrogen) atoms. The number of sulfonamides is 1. The molecule has 0 amide bonds. The summed E-state index contributed by atoms with van der Waals surface area (Å²) in [6, 6.07) is 4.50. The van der Waals surface area contributed by atoms with Crippen LogP contribution in [0.25, 0.3) is 0 Å². The monoisotopic (exact) mass is 275 g/mol. The Kier molecular flexibility index (Phi) is 4.38. The minimum absolute atomic E-state index is 0.123. The Bertz CT molecular complexity index is 539. The largest absolute Gasteiger partial charge is 0.497 e. The highest BCUT2D eigenvalue weighted by molar-refractivity contribution is 7.93. The summed E-state index contributed by atoms with van der Waals surface area (Å²) < 4.78 is 35.0. The van der Waals surface area contributed by atoms with Crippen LogP contribution in [0.5, 0.6) is 11.5 Å². The van der Waals surface area contributed by atoms with E-state index in [9.17, 15) is 13.2 Å². The Hall–Kier alpha value is -1.96. The van der Waals surface area contributed by atoms with Crippen molar-refractivity contribution in [1.29, 1.82) is 0 Å². The number of rotatable bonds is 6. The van der Waals surface area contributed by atoms with Gasteiger partial charge < -0.3 is 14.6 Å². The standard InChI is InChI=1S/C10H13NO6S/c1-16-7-3-4-9(17-2)8(5-7)11-18(14,15)6-10(12)13/h3-5,11H,6H2,1-2H3,(H,12,13). The van der Waals surface area contributed by atoms with Gasteiger partial charge in [-0.1, -0.05) is 0 Å². The molecule has 1 aromatic carbocycles. The second kappa shape index (κ2) is 5.58. The molecule has 0 spiro atoms. The zero-order chi connectivity index (χ0) is 13.8. The molecular weight excluding hydrogens is 262 g/mol. The summed E-state index contributed by atoms with van der Waals surface area (Å²) in [5.74, 6) is -1.77. The van der Waals surface area contributed by atoms with E-state index in [1.54, 1.807) is 6.07 Å². The molecule has 7 nitrogen and oxygen atoms in total. The van der Waals surface area contributed by atoms with Crippen LogP contribution in [-0.4, -0.2) is 39.5 Å². The van der Waals surface area contributed by atoms with Crippen LogP contribution in [0.1, 0.15) is 0 Å². The zero-order valence-corrected chi connectivity index (χ0v) is 10.7. The van der Waals surface area contributed by atoms with E-state index >= 15 is 0 Å². The van der Waals surface area contributed by atoms with Gasteiger partial charge >= 0.3 is 5.97 Å². The molecule has 0 aliphatic carbocycles. The summed E-state index contributed by atoms with van der Waals surface area (Å²) in [6.45, 7) is 0. The topological polar surface area (TPSA) is 102 Å². The van der Waals surface area contributed by atoms with Crippen LogP contribution in [-0.2, 0) is 14.8 Å². The highest BCUT2D eigenvalue weighted by Gasteiger charge is 2.18. The third-order valence-electron chi connectivity index (χ3n) is 1.99. The summed E-state index contributed by atoms with van der Waals surface area (Å²) in [4.78, 5) is 10.4. The normalized spacial score (nSPS) is 10.8. The molecule has 0 unspecified atom stereocenters. The molecular formula is C10H13NO6S. The molecule has 0 atom stereocenters. The molecule has 2 N–H and O–H groups in total. The first-order valence-electron chi connectivity index (χ1n) is 4.82. The fourth-order valence-electron chi connectivity index (χ4n) is 1.26. The fourth-order valence-corrected chi connectivity index (χ4v) is 2.15. The first-order valence-corrected chi connectivity index (χ1v) is 6.47. The number of ether oxygens (including phenoxy) is 2. The number of carboxylic acid groups (broad SMARTS) is 1. The lowest BCUT2D eigenvalue weighted by molar-refractivity contribution is -0.134. The molecule has 0 saturated heterocycles. The van der Waals surface area contributed by atoms with Gasteiger partial charge in [-0.25, -0.2) is 8.42 Å². The predicted molar refractivity (Wildman–Crippen MR) is 64.6 cm³/mol. The SMILES string of the molecule is COc1ccc(OC)c(NS(=O)(=O)CC(=O)O)c1. The minimum Gasteiger partial charge on any atom is -0.497 e. The Morgan fingerprint density at radius 2 is 2.00 bits per heavy atom. The molecule has 0 bridgehead atoms. The second-order valence-electron chi connectivity index (χ2n) is 3.32. The van der Waals surface area contributed by atoms with Crippen LogP contribution in [0, 0.1) is 0 Å². The van der Waals surface area contributed by atoms with Gasteiger partial charge in [0.25, 0.3) is 0 Å². The van der Waals surface area contributed by atoms with Gasteiger partial charge in [0.1, 0.15) is 11.5 Å². The van der Waals surface area contributed by atoms with Crippen molar-refractivity contribution in [2.75, 3.05) is 24.7 Å². The Labute approximate surface area is 104 Å². The van der Waals surface area contributed by atoms with Gasteiger partial charge in [-0.3, -0.25) is 9.52 Å². The van der Waals surface area contributed by atoms with E-state index in [-0.39, 0.29) is 11.4 Å². The molecule has 100 valence electrons. The smallest absolute Gasteiger partial charge is 0.320 e. The lowest BCUT2D eigenvalue weighted by atomic mass is 10.3. The molecule has 1 aromatic rings. The lowest BCUT2D eigenvalue weighted by Gasteiger charge is -2.12. The van der Waals surface area contributed by atoms with Crippen molar-refractivity contribution in [2.45, 2.75) is 0 Å². The van der Waals surface area contributed by atoms with Crippen LogP contribution in [0.3, 0.4) is 0 Å². The summed E-state index contributed by atoms with van der Waals surface area (Å²) in [6.07, 6.45) is 0. The molecule has 0 fully saturated rings. The van der Waals surface area contributed by atoms with Gasteiger partial charge in [0.05, 0.1) is 19.9 Å². The molecule has 1 rings (SSSR count). The lowest BCUT2D eigenvalue weighted by Crippen LogP contribution is -2.22. The minimum atomic E-state index is -3.98. The van der Waals surface area contributed by atoms with Crippen molar-refractivity contribution in [1.82, 2.24) is 0 Å². The van der Waals surface area contributed by atoms with Crippen LogP contribution in [0.4, 0.5) is 5.69 Å². The highest BCUT2D eigenvalue weighted by atomic mass is 32.2. The van der Waals surface area contributed by atoms with Gasteiger partial charge in [-0.2, -0.15) is 0 Å². The maximum Gasteiger partial charge on any atom is 0.320 e. The maximum atomic E-state index is 11.5. The second-order valence-corrected chi connectivity index (χ2v) is 5.04. The summed E-state index contributed by atoms with van der Waals surface area (Å²) >= 11 is 0. The van der Waals surface area contributed by atoms with E-state index in [1.165, 1.54) is 26.4 Å². The van der Waals surface area contributed by atoms with E-state index in [4.69, 9.17) is 14.6 Å². The van der Waals surface area contributed by atoms with Gasteiger partial charge in [0.15, 0.2) is 5.75 Å². The van der Waals surface area contributed by atoms with E-state index in [2.05, 4.69) is 4.72 Å². The van der Waals surface area contributed by atoms with Crippen LogP contribution >= 0.6 is 0 Å². The first kappa shape index (κ1) is 14.1. The quantitative estimate of drug-likeness (QED) is 0.785. The van der Waals surface area contributed by atoms with E-state index in [0.717, 1.165) is 0 Å². The van der Waals surface area contributed by atoms with Crippen molar-refractivity contribution in [3.05, 3.63) is 18.2 Å². The van der Waals surface area contributed by atoms with Crippen molar-refractivity contribution in [2.24, 2.45) is 0 Å². The van der Waals surface area contributed by atoms with E-state index in [1.807, 2.05) is 0 Å². The number of methoxy groups -OCH3 is 2. The molecule has 0 saturated carbocycles.